The van der Waals surface area contributed by atoms with Gasteiger partial charge in [0.25, 0.3) is 0 Å². The molecule has 0 amide bonds. The van der Waals surface area contributed by atoms with Crippen LogP contribution in [-0.2, 0) is 9.53 Å². The Hall–Kier alpha value is -1.22. The Balaban J connectivity index is 2.44. The molecule has 3 heteroatoms. The van der Waals surface area contributed by atoms with Crippen LogP contribution >= 0.6 is 12.6 Å². The quantitative estimate of drug-likeness (QED) is 0.466. The summed E-state index contributed by atoms with van der Waals surface area (Å²) in [4.78, 5) is 11.0. The van der Waals surface area contributed by atoms with Crippen LogP contribution in [0.4, 0.5) is 0 Å². The average Bonchev–Trinajstić information content (AvgIpc) is 2.25. The molecule has 2 nitrogen and oxygen atoms in total. The lowest BCUT2D eigenvalue weighted by Gasteiger charge is -1.96. The maximum atomic E-state index is 11.0. The summed E-state index contributed by atoms with van der Waals surface area (Å²) in [6.07, 6.45) is 3.14. The summed E-state index contributed by atoms with van der Waals surface area (Å²) in [5, 5.41) is 0. The maximum Gasteiger partial charge on any atom is 0.330 e. The molecule has 1 rings (SSSR count). The van der Waals surface area contributed by atoms with Crippen LogP contribution < -0.4 is 0 Å². The lowest BCUT2D eigenvalue weighted by Crippen LogP contribution is -2.02. The highest BCUT2D eigenvalue weighted by Gasteiger charge is 1.94. The molecule has 1 aromatic carbocycles. The van der Waals surface area contributed by atoms with Crippen molar-refractivity contribution in [1.29, 1.82) is 0 Å². The number of rotatable bonds is 4. The highest BCUT2D eigenvalue weighted by molar-refractivity contribution is 7.80. The van der Waals surface area contributed by atoms with Crippen LogP contribution in [0.2, 0.25) is 0 Å². The van der Waals surface area contributed by atoms with Gasteiger partial charge in [0, 0.05) is 11.8 Å². The molecule has 1 aromatic rings. The Morgan fingerprint density at radius 2 is 2.07 bits per heavy atom. The van der Waals surface area contributed by atoms with Crippen LogP contribution in [0.25, 0.3) is 6.08 Å². The van der Waals surface area contributed by atoms with Crippen molar-refractivity contribution in [1.82, 2.24) is 0 Å². The van der Waals surface area contributed by atoms with Crippen molar-refractivity contribution in [3.8, 4) is 0 Å². The number of carbonyl (C=O) groups excluding carboxylic acids is 1. The van der Waals surface area contributed by atoms with Crippen LogP contribution in [0.15, 0.2) is 36.4 Å². The van der Waals surface area contributed by atoms with Gasteiger partial charge in [-0.2, -0.15) is 12.6 Å². The van der Waals surface area contributed by atoms with E-state index in [-0.39, 0.29) is 5.97 Å². The predicted molar refractivity (Wildman–Crippen MR) is 60.3 cm³/mol. The molecule has 0 radical (unpaired) electrons. The fraction of sp³-hybridized carbons (Fsp3) is 0.182. The molecule has 0 saturated carbocycles. The zero-order chi connectivity index (χ0) is 10.2. The predicted octanol–water partition coefficient (Wildman–Crippen LogP) is 2.17. The van der Waals surface area contributed by atoms with Crippen LogP contribution in [0.5, 0.6) is 0 Å². The SMILES string of the molecule is O=C(C=Cc1ccccc1)OCCS. The number of thiol groups is 1. The molecule has 74 valence electrons. The van der Waals surface area contributed by atoms with Gasteiger partial charge in [0.15, 0.2) is 0 Å². The third-order valence-corrected chi connectivity index (χ3v) is 1.73. The zero-order valence-corrected chi connectivity index (χ0v) is 8.61. The number of carbonyl (C=O) groups is 1. The van der Waals surface area contributed by atoms with E-state index in [1.54, 1.807) is 6.08 Å². The molecule has 0 atom stereocenters. The molecular formula is C11H12O2S. The normalized spacial score (nSPS) is 10.4. The van der Waals surface area contributed by atoms with Crippen LogP contribution in [-0.4, -0.2) is 18.3 Å². The molecule has 0 aliphatic rings. The van der Waals surface area contributed by atoms with Crippen molar-refractivity contribution in [2.45, 2.75) is 0 Å². The smallest absolute Gasteiger partial charge is 0.330 e. The summed E-state index contributed by atoms with van der Waals surface area (Å²) in [5.74, 6) is 0.216. The number of ether oxygens (including phenoxy) is 1. The molecule has 0 N–H and O–H groups in total. The monoisotopic (exact) mass is 208 g/mol. The molecular weight excluding hydrogens is 196 g/mol. The molecule has 0 aliphatic heterocycles. The molecule has 0 spiro atoms. The number of benzene rings is 1. The van der Waals surface area contributed by atoms with Gasteiger partial charge in [-0.25, -0.2) is 4.79 Å². The van der Waals surface area contributed by atoms with Gasteiger partial charge in [0.2, 0.25) is 0 Å². The number of hydrogen-bond donors (Lipinski definition) is 1. The van der Waals surface area contributed by atoms with Crippen molar-refractivity contribution >= 4 is 24.7 Å². The minimum Gasteiger partial charge on any atom is -0.462 e. The van der Waals surface area contributed by atoms with Gasteiger partial charge in [-0.3, -0.25) is 0 Å². The van der Waals surface area contributed by atoms with Gasteiger partial charge in [-0.15, -0.1) is 0 Å². The van der Waals surface area contributed by atoms with Crippen molar-refractivity contribution < 1.29 is 9.53 Å². The van der Waals surface area contributed by atoms with E-state index in [0.29, 0.717) is 12.4 Å². The van der Waals surface area contributed by atoms with E-state index in [0.717, 1.165) is 5.56 Å². The third kappa shape index (κ3) is 4.14. The topological polar surface area (TPSA) is 26.3 Å². The van der Waals surface area contributed by atoms with Gasteiger partial charge in [-0.05, 0) is 11.6 Å². The van der Waals surface area contributed by atoms with E-state index in [9.17, 15) is 4.79 Å². The summed E-state index contributed by atoms with van der Waals surface area (Å²) >= 11 is 3.93. The van der Waals surface area contributed by atoms with E-state index in [1.807, 2.05) is 30.3 Å². The number of esters is 1. The molecule has 14 heavy (non-hydrogen) atoms. The molecule has 0 unspecified atom stereocenters. The first-order valence-electron chi connectivity index (χ1n) is 4.33. The van der Waals surface area contributed by atoms with E-state index in [4.69, 9.17) is 4.74 Å². The Morgan fingerprint density at radius 3 is 2.71 bits per heavy atom. The minimum atomic E-state index is -0.331. The van der Waals surface area contributed by atoms with Gasteiger partial charge in [-0.1, -0.05) is 30.3 Å². The standard InChI is InChI=1S/C11H12O2S/c12-11(13-8-9-14)7-6-10-4-2-1-3-5-10/h1-7,14H,8-9H2. The summed E-state index contributed by atoms with van der Waals surface area (Å²) in [5.41, 5.74) is 0.982. The Morgan fingerprint density at radius 1 is 1.36 bits per heavy atom. The second-order valence-electron chi connectivity index (χ2n) is 2.64. The molecule has 0 aliphatic carbocycles. The first-order chi connectivity index (χ1) is 6.83. The molecule has 0 bridgehead atoms. The maximum absolute atomic E-state index is 11.0. The highest BCUT2D eigenvalue weighted by Crippen LogP contribution is 2.00. The average molecular weight is 208 g/mol. The lowest BCUT2D eigenvalue weighted by molar-refractivity contribution is -0.137. The van der Waals surface area contributed by atoms with Gasteiger partial charge < -0.3 is 4.74 Å². The number of hydrogen-bond acceptors (Lipinski definition) is 3. The molecule has 0 heterocycles. The van der Waals surface area contributed by atoms with Crippen molar-refractivity contribution in [2.24, 2.45) is 0 Å². The van der Waals surface area contributed by atoms with Crippen molar-refractivity contribution in [2.75, 3.05) is 12.4 Å². The van der Waals surface area contributed by atoms with Crippen LogP contribution in [0, 0.1) is 0 Å². The van der Waals surface area contributed by atoms with E-state index in [1.165, 1.54) is 6.08 Å². The zero-order valence-electron chi connectivity index (χ0n) is 7.72. The van der Waals surface area contributed by atoms with E-state index < -0.39 is 0 Å². The second kappa shape index (κ2) is 6.27. The summed E-state index contributed by atoms with van der Waals surface area (Å²) < 4.78 is 4.81. The third-order valence-electron chi connectivity index (χ3n) is 1.55. The van der Waals surface area contributed by atoms with Gasteiger partial charge in [0.05, 0.1) is 0 Å². The molecule has 0 saturated heterocycles. The summed E-state index contributed by atoms with van der Waals surface area (Å²) in [6, 6.07) is 9.60. The van der Waals surface area contributed by atoms with E-state index in [2.05, 4.69) is 12.6 Å². The first-order valence-corrected chi connectivity index (χ1v) is 4.97. The fourth-order valence-corrected chi connectivity index (χ4v) is 1.01. The van der Waals surface area contributed by atoms with Crippen LogP contribution in [0.1, 0.15) is 5.56 Å². The lowest BCUT2D eigenvalue weighted by atomic mass is 10.2. The van der Waals surface area contributed by atoms with Gasteiger partial charge >= 0.3 is 5.97 Å². The largest absolute Gasteiger partial charge is 0.462 e. The first kappa shape index (κ1) is 10.9. The molecule has 0 fully saturated rings. The van der Waals surface area contributed by atoms with Crippen molar-refractivity contribution in [3.05, 3.63) is 42.0 Å². The molecule has 0 aromatic heterocycles. The second-order valence-corrected chi connectivity index (χ2v) is 3.08. The summed E-state index contributed by atoms with van der Waals surface area (Å²) in [6.45, 7) is 0.348. The Kier molecular flexibility index (Phi) is 4.86. The van der Waals surface area contributed by atoms with Crippen molar-refractivity contribution in [3.63, 3.8) is 0 Å². The van der Waals surface area contributed by atoms with Crippen LogP contribution in [0.3, 0.4) is 0 Å². The minimum absolute atomic E-state index is 0.331. The fourth-order valence-electron chi connectivity index (χ4n) is 0.923. The Bertz CT molecular complexity index is 306. The summed E-state index contributed by atoms with van der Waals surface area (Å²) in [7, 11) is 0. The van der Waals surface area contributed by atoms with E-state index >= 15 is 0 Å². The highest BCUT2D eigenvalue weighted by atomic mass is 32.1. The Labute approximate surface area is 89.0 Å². The van der Waals surface area contributed by atoms with Gasteiger partial charge in [0.1, 0.15) is 6.61 Å².